The highest BCUT2D eigenvalue weighted by molar-refractivity contribution is 5.79. The highest BCUT2D eigenvalue weighted by Gasteiger charge is 2.19. The molecule has 1 amide bonds. The van der Waals surface area contributed by atoms with E-state index in [0.717, 1.165) is 12.1 Å². The Balaban J connectivity index is 2.65. The summed E-state index contributed by atoms with van der Waals surface area (Å²) in [7, 11) is 0. The van der Waals surface area contributed by atoms with E-state index in [4.69, 9.17) is 5.11 Å². The summed E-state index contributed by atoms with van der Waals surface area (Å²) < 4.78 is 25.5. The summed E-state index contributed by atoms with van der Waals surface area (Å²) in [5.74, 6) is -2.27. The molecule has 0 saturated carbocycles. The molecule has 1 rings (SSSR count). The molecule has 1 aromatic rings. The Morgan fingerprint density at radius 3 is 2.53 bits per heavy atom. The highest BCUT2D eigenvalue weighted by atomic mass is 19.2. The predicted octanol–water partition coefficient (Wildman–Crippen LogP) is 1.39. The molecule has 0 radical (unpaired) electrons. The van der Waals surface area contributed by atoms with Gasteiger partial charge < -0.3 is 10.4 Å². The number of carbonyl (C=O) groups is 1. The fourth-order valence-electron chi connectivity index (χ4n) is 1.30. The molecule has 0 heterocycles. The standard InChI is InChI=1S/C12H15F2NO2/c1-12(2,7-16)15-11(17)6-8-3-4-9(13)10(14)5-8/h3-5,16H,6-7H2,1-2H3,(H,15,17). The molecule has 94 valence electrons. The number of halogens is 2. The SMILES string of the molecule is CC(C)(CO)NC(=O)Cc1ccc(F)c(F)c1. The van der Waals surface area contributed by atoms with Crippen molar-refractivity contribution >= 4 is 5.91 Å². The lowest BCUT2D eigenvalue weighted by Crippen LogP contribution is -2.46. The van der Waals surface area contributed by atoms with Gasteiger partial charge in [-0.15, -0.1) is 0 Å². The van der Waals surface area contributed by atoms with Crippen LogP contribution in [0.2, 0.25) is 0 Å². The number of carbonyl (C=O) groups excluding carboxylic acids is 1. The van der Waals surface area contributed by atoms with Crippen LogP contribution in [0.1, 0.15) is 19.4 Å². The van der Waals surface area contributed by atoms with Gasteiger partial charge in [-0.2, -0.15) is 0 Å². The molecule has 1 aromatic carbocycles. The van der Waals surface area contributed by atoms with Crippen molar-refractivity contribution in [2.75, 3.05) is 6.61 Å². The van der Waals surface area contributed by atoms with Crippen LogP contribution < -0.4 is 5.32 Å². The third-order valence-electron chi connectivity index (χ3n) is 2.22. The van der Waals surface area contributed by atoms with E-state index >= 15 is 0 Å². The molecule has 5 heteroatoms. The van der Waals surface area contributed by atoms with Gasteiger partial charge in [0.05, 0.1) is 18.6 Å². The van der Waals surface area contributed by atoms with Crippen molar-refractivity contribution in [2.24, 2.45) is 0 Å². The van der Waals surface area contributed by atoms with Crippen molar-refractivity contribution in [1.82, 2.24) is 5.32 Å². The number of aliphatic hydroxyl groups is 1. The topological polar surface area (TPSA) is 49.3 Å². The summed E-state index contributed by atoms with van der Waals surface area (Å²) in [4.78, 5) is 11.5. The zero-order chi connectivity index (χ0) is 13.1. The summed E-state index contributed by atoms with van der Waals surface area (Å²) >= 11 is 0. The van der Waals surface area contributed by atoms with Crippen LogP contribution in [0.25, 0.3) is 0 Å². The molecule has 17 heavy (non-hydrogen) atoms. The van der Waals surface area contributed by atoms with Crippen molar-refractivity contribution in [1.29, 1.82) is 0 Å². The quantitative estimate of drug-likeness (QED) is 0.839. The Morgan fingerprint density at radius 1 is 1.35 bits per heavy atom. The summed E-state index contributed by atoms with van der Waals surface area (Å²) in [6.45, 7) is 3.13. The van der Waals surface area contributed by atoms with Crippen LogP contribution in [-0.4, -0.2) is 23.2 Å². The maximum atomic E-state index is 12.9. The molecule has 0 atom stereocenters. The van der Waals surface area contributed by atoms with Gasteiger partial charge in [-0.05, 0) is 31.5 Å². The lowest BCUT2D eigenvalue weighted by Gasteiger charge is -2.23. The molecule has 2 N–H and O–H groups in total. The number of aliphatic hydroxyl groups excluding tert-OH is 1. The Morgan fingerprint density at radius 2 is 2.00 bits per heavy atom. The molecule has 0 aliphatic carbocycles. The number of amides is 1. The molecule has 0 bridgehead atoms. The summed E-state index contributed by atoms with van der Waals surface area (Å²) in [5, 5.41) is 11.5. The molecular weight excluding hydrogens is 228 g/mol. The van der Waals surface area contributed by atoms with Crippen LogP contribution in [0.3, 0.4) is 0 Å². The van der Waals surface area contributed by atoms with Crippen LogP contribution in [0.5, 0.6) is 0 Å². The molecule has 0 unspecified atom stereocenters. The van der Waals surface area contributed by atoms with Crippen molar-refractivity contribution < 1.29 is 18.7 Å². The molecule has 0 fully saturated rings. The van der Waals surface area contributed by atoms with Gasteiger partial charge in [-0.1, -0.05) is 6.07 Å². The number of hydrogen-bond donors (Lipinski definition) is 2. The van der Waals surface area contributed by atoms with Crippen LogP contribution in [-0.2, 0) is 11.2 Å². The van der Waals surface area contributed by atoms with E-state index in [-0.39, 0.29) is 18.9 Å². The number of rotatable bonds is 4. The van der Waals surface area contributed by atoms with E-state index in [1.807, 2.05) is 0 Å². The maximum Gasteiger partial charge on any atom is 0.224 e. The number of hydrogen-bond acceptors (Lipinski definition) is 2. The molecule has 0 saturated heterocycles. The van der Waals surface area contributed by atoms with Crippen molar-refractivity contribution in [3.8, 4) is 0 Å². The Bertz CT molecular complexity index is 419. The third kappa shape index (κ3) is 4.11. The Labute approximate surface area is 98.5 Å². The second kappa shape index (κ2) is 5.23. The summed E-state index contributed by atoms with van der Waals surface area (Å²) in [6, 6.07) is 3.32. The Hall–Kier alpha value is -1.49. The third-order valence-corrected chi connectivity index (χ3v) is 2.22. The van der Waals surface area contributed by atoms with Gasteiger partial charge in [0.2, 0.25) is 5.91 Å². The second-order valence-electron chi connectivity index (χ2n) is 4.52. The lowest BCUT2D eigenvalue weighted by molar-refractivity contribution is -0.122. The van der Waals surface area contributed by atoms with Gasteiger partial charge >= 0.3 is 0 Å². The van der Waals surface area contributed by atoms with E-state index in [1.165, 1.54) is 6.07 Å². The highest BCUT2D eigenvalue weighted by Crippen LogP contribution is 2.10. The lowest BCUT2D eigenvalue weighted by atomic mass is 10.1. The van der Waals surface area contributed by atoms with Crippen LogP contribution >= 0.6 is 0 Å². The molecule has 0 aliphatic rings. The van der Waals surface area contributed by atoms with Gasteiger partial charge in [-0.3, -0.25) is 4.79 Å². The number of nitrogens with one attached hydrogen (secondary N) is 1. The second-order valence-corrected chi connectivity index (χ2v) is 4.52. The summed E-state index contributed by atoms with van der Waals surface area (Å²) in [6.07, 6.45) is -0.0549. The molecular formula is C12H15F2NO2. The van der Waals surface area contributed by atoms with Gasteiger partial charge in [0.25, 0.3) is 0 Å². The van der Waals surface area contributed by atoms with E-state index in [0.29, 0.717) is 5.56 Å². The first-order valence-corrected chi connectivity index (χ1v) is 5.20. The van der Waals surface area contributed by atoms with Crippen molar-refractivity contribution in [2.45, 2.75) is 25.8 Å². The van der Waals surface area contributed by atoms with Crippen molar-refractivity contribution in [3.05, 3.63) is 35.4 Å². The average Bonchev–Trinajstić information content (AvgIpc) is 2.23. The van der Waals surface area contributed by atoms with E-state index in [2.05, 4.69) is 5.32 Å². The van der Waals surface area contributed by atoms with Crippen LogP contribution in [0, 0.1) is 11.6 Å². The van der Waals surface area contributed by atoms with Gasteiger partial charge in [-0.25, -0.2) is 8.78 Å². The van der Waals surface area contributed by atoms with Gasteiger partial charge in [0.1, 0.15) is 0 Å². The zero-order valence-electron chi connectivity index (χ0n) is 9.76. The first-order chi connectivity index (χ1) is 7.84. The Kier molecular flexibility index (Phi) is 4.17. The minimum Gasteiger partial charge on any atom is -0.394 e. The summed E-state index contributed by atoms with van der Waals surface area (Å²) in [5.41, 5.74) is -0.342. The van der Waals surface area contributed by atoms with Crippen molar-refractivity contribution in [3.63, 3.8) is 0 Å². The number of benzene rings is 1. The molecule has 0 spiro atoms. The smallest absolute Gasteiger partial charge is 0.224 e. The largest absolute Gasteiger partial charge is 0.394 e. The minimum atomic E-state index is -0.975. The molecule has 0 aliphatic heterocycles. The average molecular weight is 243 g/mol. The van der Waals surface area contributed by atoms with Crippen LogP contribution in [0.15, 0.2) is 18.2 Å². The fourth-order valence-corrected chi connectivity index (χ4v) is 1.30. The van der Waals surface area contributed by atoms with E-state index < -0.39 is 17.2 Å². The van der Waals surface area contributed by atoms with Crippen LogP contribution in [0.4, 0.5) is 8.78 Å². The monoisotopic (exact) mass is 243 g/mol. The zero-order valence-corrected chi connectivity index (χ0v) is 9.76. The minimum absolute atomic E-state index is 0.0549. The van der Waals surface area contributed by atoms with E-state index in [9.17, 15) is 13.6 Å². The maximum absolute atomic E-state index is 12.9. The first kappa shape index (κ1) is 13.6. The molecule has 3 nitrogen and oxygen atoms in total. The molecule has 0 aromatic heterocycles. The normalized spacial score (nSPS) is 11.4. The van der Waals surface area contributed by atoms with Gasteiger partial charge in [0.15, 0.2) is 11.6 Å². The van der Waals surface area contributed by atoms with Gasteiger partial charge in [0, 0.05) is 0 Å². The first-order valence-electron chi connectivity index (χ1n) is 5.20. The fraction of sp³-hybridized carbons (Fsp3) is 0.417. The predicted molar refractivity (Wildman–Crippen MR) is 59.4 cm³/mol. The van der Waals surface area contributed by atoms with E-state index in [1.54, 1.807) is 13.8 Å².